The molecule has 0 heterocycles. The van der Waals surface area contributed by atoms with Gasteiger partial charge in [0.05, 0.1) is 0 Å². The molecule has 0 aliphatic rings. The second-order valence-electron chi connectivity index (χ2n) is 17.9. The van der Waals surface area contributed by atoms with E-state index in [2.05, 4.69) is 45.1 Å². The first kappa shape index (κ1) is 60.1. The Labute approximate surface area is 390 Å². The molecular formula is C57H100O6. The van der Waals surface area contributed by atoms with E-state index in [0.717, 1.165) is 70.6 Å². The molecule has 6 heteroatoms. The lowest BCUT2D eigenvalue weighted by Gasteiger charge is -2.18. The monoisotopic (exact) mass is 881 g/mol. The fraction of sp³-hybridized carbons (Fsp3) is 0.772. The van der Waals surface area contributed by atoms with Crippen LogP contribution in [0.25, 0.3) is 0 Å². The lowest BCUT2D eigenvalue weighted by molar-refractivity contribution is -0.167. The van der Waals surface area contributed by atoms with Gasteiger partial charge in [0.25, 0.3) is 0 Å². The summed E-state index contributed by atoms with van der Waals surface area (Å²) in [4.78, 5) is 38.0. The zero-order chi connectivity index (χ0) is 45.8. The van der Waals surface area contributed by atoms with Crippen LogP contribution in [0.5, 0.6) is 0 Å². The summed E-state index contributed by atoms with van der Waals surface area (Å²) >= 11 is 0. The normalized spacial score (nSPS) is 12.5. The van der Waals surface area contributed by atoms with Gasteiger partial charge >= 0.3 is 17.9 Å². The molecule has 0 saturated heterocycles. The summed E-state index contributed by atoms with van der Waals surface area (Å²) in [6.45, 7) is 6.47. The highest BCUT2D eigenvalue weighted by Gasteiger charge is 2.19. The molecule has 6 nitrogen and oxygen atoms in total. The van der Waals surface area contributed by atoms with Crippen molar-refractivity contribution >= 4 is 17.9 Å². The number of carbonyl (C=O) groups excluding carboxylic acids is 3. The average Bonchev–Trinajstić information content (AvgIpc) is 3.28. The molecule has 63 heavy (non-hydrogen) atoms. The Morgan fingerprint density at radius 1 is 0.333 bits per heavy atom. The molecule has 0 bridgehead atoms. The number of rotatable bonds is 48. The highest BCUT2D eigenvalue weighted by molar-refractivity contribution is 5.71. The molecule has 0 rings (SSSR count). The summed E-state index contributed by atoms with van der Waals surface area (Å²) in [5.74, 6) is -0.926. The van der Waals surface area contributed by atoms with Gasteiger partial charge in [-0.05, 0) is 64.2 Å². The third kappa shape index (κ3) is 50.0. The number of esters is 3. The fourth-order valence-electron chi connectivity index (χ4n) is 7.57. The second kappa shape index (κ2) is 51.7. The average molecular weight is 881 g/mol. The van der Waals surface area contributed by atoms with Crippen molar-refractivity contribution in [2.24, 2.45) is 0 Å². The largest absolute Gasteiger partial charge is 0.462 e. The van der Waals surface area contributed by atoms with Crippen molar-refractivity contribution in [1.29, 1.82) is 0 Å². The standard InChI is InChI=1S/C57H100O6/c1-4-7-10-13-16-19-22-25-26-27-28-29-30-33-35-38-41-44-47-50-56(59)62-53-54(63-57(60)51-48-45-42-39-36-32-24-21-18-15-12-9-6-3)52-61-55(58)49-46-43-40-37-34-31-23-20-17-14-11-8-5-2/h9,12,15,18,21,24,27-28,32,36,54H,4-8,10-11,13-14,16-17,19-20,22-23,25-26,29-31,33-35,37-53H2,1-3H3/b12-9-,18-15-,24-21-,28-27-,36-32-. The third-order valence-electron chi connectivity index (χ3n) is 11.6. The molecule has 0 aromatic heterocycles. The van der Waals surface area contributed by atoms with Crippen molar-refractivity contribution in [1.82, 2.24) is 0 Å². The van der Waals surface area contributed by atoms with Crippen LogP contribution in [0.15, 0.2) is 60.8 Å². The molecule has 1 unspecified atom stereocenters. The number of hydrogen-bond acceptors (Lipinski definition) is 6. The van der Waals surface area contributed by atoms with Crippen LogP contribution in [0, 0.1) is 0 Å². The van der Waals surface area contributed by atoms with E-state index in [4.69, 9.17) is 14.2 Å². The Kier molecular flexibility index (Phi) is 49.4. The van der Waals surface area contributed by atoms with E-state index in [-0.39, 0.29) is 37.5 Å². The minimum absolute atomic E-state index is 0.0895. The molecule has 0 spiro atoms. The number of carbonyl (C=O) groups is 3. The van der Waals surface area contributed by atoms with E-state index in [0.29, 0.717) is 12.8 Å². The van der Waals surface area contributed by atoms with Gasteiger partial charge in [-0.3, -0.25) is 14.4 Å². The summed E-state index contributed by atoms with van der Waals surface area (Å²) in [6.07, 6.45) is 63.5. The Balaban J connectivity index is 4.37. The smallest absolute Gasteiger partial charge is 0.306 e. The van der Waals surface area contributed by atoms with Crippen molar-refractivity contribution in [3.63, 3.8) is 0 Å². The highest BCUT2D eigenvalue weighted by Crippen LogP contribution is 2.15. The minimum Gasteiger partial charge on any atom is -0.462 e. The molecule has 0 aliphatic heterocycles. The van der Waals surface area contributed by atoms with Gasteiger partial charge in [0.1, 0.15) is 13.2 Å². The molecule has 0 aliphatic carbocycles. The summed E-state index contributed by atoms with van der Waals surface area (Å²) in [5.41, 5.74) is 0. The summed E-state index contributed by atoms with van der Waals surface area (Å²) in [5, 5.41) is 0. The first-order valence-electron chi connectivity index (χ1n) is 26.8. The topological polar surface area (TPSA) is 78.9 Å². The highest BCUT2D eigenvalue weighted by atomic mass is 16.6. The van der Waals surface area contributed by atoms with Gasteiger partial charge < -0.3 is 14.2 Å². The van der Waals surface area contributed by atoms with E-state index in [1.165, 1.54) is 154 Å². The predicted molar refractivity (Wildman–Crippen MR) is 270 cm³/mol. The van der Waals surface area contributed by atoms with Crippen molar-refractivity contribution in [2.75, 3.05) is 13.2 Å². The van der Waals surface area contributed by atoms with Crippen LogP contribution < -0.4 is 0 Å². The van der Waals surface area contributed by atoms with Crippen LogP contribution in [0.1, 0.15) is 265 Å². The maximum Gasteiger partial charge on any atom is 0.306 e. The Morgan fingerprint density at radius 2 is 0.635 bits per heavy atom. The molecule has 0 aromatic rings. The van der Waals surface area contributed by atoms with Crippen LogP contribution in [0.3, 0.4) is 0 Å². The molecule has 0 aromatic carbocycles. The summed E-state index contributed by atoms with van der Waals surface area (Å²) < 4.78 is 16.8. The second-order valence-corrected chi connectivity index (χ2v) is 17.9. The van der Waals surface area contributed by atoms with Crippen molar-refractivity contribution < 1.29 is 28.6 Å². The first-order chi connectivity index (χ1) is 31.0. The Morgan fingerprint density at radius 3 is 1.03 bits per heavy atom. The SMILES string of the molecule is CC\C=C/C=C\C=C/C=C\CCCCCC(=O)OC(COC(=O)CCCCCCCCC/C=C\CCCCCCCCCC)COC(=O)CCCCCCCCCCCCCCC. The van der Waals surface area contributed by atoms with Gasteiger partial charge in [-0.15, -0.1) is 0 Å². The summed E-state index contributed by atoms with van der Waals surface area (Å²) in [7, 11) is 0. The zero-order valence-electron chi connectivity index (χ0n) is 41.6. The van der Waals surface area contributed by atoms with Gasteiger partial charge in [-0.1, -0.05) is 242 Å². The van der Waals surface area contributed by atoms with Crippen LogP contribution in [0.4, 0.5) is 0 Å². The molecular weight excluding hydrogens is 781 g/mol. The van der Waals surface area contributed by atoms with Crippen LogP contribution in [0.2, 0.25) is 0 Å². The quantitative estimate of drug-likeness (QED) is 0.0199. The van der Waals surface area contributed by atoms with Crippen LogP contribution in [-0.4, -0.2) is 37.2 Å². The Hall–Kier alpha value is -2.89. The Bertz CT molecular complexity index is 1150. The first-order valence-corrected chi connectivity index (χ1v) is 26.8. The van der Waals surface area contributed by atoms with E-state index < -0.39 is 6.10 Å². The fourth-order valence-corrected chi connectivity index (χ4v) is 7.57. The molecule has 364 valence electrons. The predicted octanol–water partition coefficient (Wildman–Crippen LogP) is 17.6. The number of allylic oxidation sites excluding steroid dienone is 10. The molecule has 0 radical (unpaired) electrons. The minimum atomic E-state index is -0.793. The van der Waals surface area contributed by atoms with Gasteiger partial charge in [-0.2, -0.15) is 0 Å². The maximum absolute atomic E-state index is 12.8. The van der Waals surface area contributed by atoms with E-state index in [9.17, 15) is 14.4 Å². The lowest BCUT2D eigenvalue weighted by atomic mass is 10.0. The maximum atomic E-state index is 12.8. The molecule has 0 saturated carbocycles. The van der Waals surface area contributed by atoms with E-state index in [1.807, 2.05) is 36.5 Å². The van der Waals surface area contributed by atoms with Crippen molar-refractivity contribution in [2.45, 2.75) is 271 Å². The van der Waals surface area contributed by atoms with Crippen molar-refractivity contribution in [3.8, 4) is 0 Å². The van der Waals surface area contributed by atoms with E-state index >= 15 is 0 Å². The lowest BCUT2D eigenvalue weighted by Crippen LogP contribution is -2.30. The van der Waals surface area contributed by atoms with Gasteiger partial charge in [-0.25, -0.2) is 0 Å². The number of unbranched alkanes of at least 4 members (excludes halogenated alkanes) is 30. The molecule has 0 amide bonds. The number of ether oxygens (including phenoxy) is 3. The molecule has 1 atom stereocenters. The van der Waals surface area contributed by atoms with E-state index in [1.54, 1.807) is 0 Å². The van der Waals surface area contributed by atoms with Crippen molar-refractivity contribution in [3.05, 3.63) is 60.8 Å². The third-order valence-corrected chi connectivity index (χ3v) is 11.6. The summed E-state index contributed by atoms with van der Waals surface area (Å²) in [6, 6.07) is 0. The zero-order valence-corrected chi connectivity index (χ0v) is 41.6. The van der Waals surface area contributed by atoms with Gasteiger partial charge in [0.2, 0.25) is 0 Å². The molecule has 0 fully saturated rings. The van der Waals surface area contributed by atoms with Gasteiger partial charge in [0, 0.05) is 19.3 Å². The van der Waals surface area contributed by atoms with Gasteiger partial charge in [0.15, 0.2) is 6.10 Å². The van der Waals surface area contributed by atoms with Crippen LogP contribution >= 0.6 is 0 Å². The molecule has 0 N–H and O–H groups in total. The number of hydrogen-bond donors (Lipinski definition) is 0. The van der Waals surface area contributed by atoms with Crippen LogP contribution in [-0.2, 0) is 28.6 Å².